The lowest BCUT2D eigenvalue weighted by molar-refractivity contribution is -0.142. The molecule has 7 heteroatoms. The van der Waals surface area contributed by atoms with Crippen LogP contribution in [0.15, 0.2) is 73.1 Å². The molecule has 1 heterocycles. The van der Waals surface area contributed by atoms with Gasteiger partial charge in [0.15, 0.2) is 5.82 Å². The molecule has 0 unspecified atom stereocenters. The van der Waals surface area contributed by atoms with Gasteiger partial charge in [0.2, 0.25) is 0 Å². The molecule has 0 aliphatic rings. The van der Waals surface area contributed by atoms with Gasteiger partial charge < -0.3 is 9.47 Å². The van der Waals surface area contributed by atoms with Crippen molar-refractivity contribution in [3.8, 4) is 0 Å². The van der Waals surface area contributed by atoms with Crippen LogP contribution < -0.4 is 0 Å². The third-order valence-corrected chi connectivity index (χ3v) is 4.50. The van der Waals surface area contributed by atoms with Crippen LogP contribution in [-0.2, 0) is 27.4 Å². The fourth-order valence-corrected chi connectivity index (χ4v) is 2.70. The molecule has 0 saturated heterocycles. The van der Waals surface area contributed by atoms with Gasteiger partial charge in [0.1, 0.15) is 12.4 Å². The second kappa shape index (κ2) is 12.8. The number of aromatic nitrogens is 4. The van der Waals surface area contributed by atoms with E-state index >= 15 is 0 Å². The lowest BCUT2D eigenvalue weighted by Crippen LogP contribution is -2.10. The van der Waals surface area contributed by atoms with E-state index in [-0.39, 0.29) is 11.9 Å². The van der Waals surface area contributed by atoms with E-state index in [0.29, 0.717) is 18.9 Å². The quantitative estimate of drug-likeness (QED) is 0.288. The summed E-state index contributed by atoms with van der Waals surface area (Å²) >= 11 is 0. The highest BCUT2D eigenvalue weighted by Crippen LogP contribution is 2.13. The molecular weight excluding hydrogens is 404 g/mol. The van der Waals surface area contributed by atoms with Crippen molar-refractivity contribution in [2.45, 2.75) is 33.9 Å². The van der Waals surface area contributed by atoms with Gasteiger partial charge in [-0.15, -0.1) is 5.10 Å². The molecule has 0 saturated carbocycles. The van der Waals surface area contributed by atoms with E-state index in [2.05, 4.69) is 29.0 Å². The van der Waals surface area contributed by atoms with Crippen molar-refractivity contribution >= 4 is 17.6 Å². The molecule has 1 atom stereocenters. The summed E-state index contributed by atoms with van der Waals surface area (Å²) < 4.78 is 11.8. The third kappa shape index (κ3) is 8.55. The fourth-order valence-electron chi connectivity index (χ4n) is 2.70. The van der Waals surface area contributed by atoms with Crippen LogP contribution >= 0.6 is 0 Å². The molecule has 0 aliphatic heterocycles. The molecule has 1 aromatic heterocycles. The van der Waals surface area contributed by atoms with E-state index in [0.717, 1.165) is 22.5 Å². The Balaban J connectivity index is 1.92. The molecule has 0 N–H and O–H groups in total. The smallest absolute Gasteiger partial charge is 0.302 e. The topological polar surface area (TPSA) is 79.1 Å². The van der Waals surface area contributed by atoms with Gasteiger partial charge in [-0.3, -0.25) is 4.79 Å². The van der Waals surface area contributed by atoms with Crippen molar-refractivity contribution < 1.29 is 14.3 Å². The van der Waals surface area contributed by atoms with Crippen LogP contribution in [0.25, 0.3) is 11.6 Å². The Labute approximate surface area is 189 Å². The molecule has 168 valence electrons. The van der Waals surface area contributed by atoms with E-state index < -0.39 is 0 Å². The number of allylic oxidation sites excluding steroid dienone is 7. The van der Waals surface area contributed by atoms with Gasteiger partial charge in [-0.05, 0) is 46.0 Å². The summed E-state index contributed by atoms with van der Waals surface area (Å²) in [6.45, 7) is 10.2. The zero-order valence-electron chi connectivity index (χ0n) is 19.1. The van der Waals surface area contributed by atoms with Crippen LogP contribution in [0.2, 0.25) is 0 Å². The Hall–Kier alpha value is -3.74. The molecule has 0 fully saturated rings. The summed E-state index contributed by atoms with van der Waals surface area (Å²) in [4.78, 5) is 10.9. The molecule has 1 aromatic carbocycles. The van der Waals surface area contributed by atoms with Gasteiger partial charge in [0, 0.05) is 6.92 Å². The maximum absolute atomic E-state index is 10.9. The monoisotopic (exact) mass is 434 g/mol. The summed E-state index contributed by atoms with van der Waals surface area (Å²) in [6.07, 6.45) is 13.7. The predicted molar refractivity (Wildman–Crippen MR) is 126 cm³/mol. The SMILES string of the molecule is C=C(/C=C\[C@H](C)Cn1nnnc1/C(C)=C/C=C\C=C\c1ccc(COC(C)=O)cc1)OC. The second-order valence-electron chi connectivity index (χ2n) is 7.31. The van der Waals surface area contributed by atoms with Crippen molar-refractivity contribution in [3.63, 3.8) is 0 Å². The number of rotatable bonds is 11. The van der Waals surface area contributed by atoms with Gasteiger partial charge in [-0.1, -0.05) is 74.2 Å². The Morgan fingerprint density at radius 1 is 1.19 bits per heavy atom. The van der Waals surface area contributed by atoms with Crippen molar-refractivity contribution in [3.05, 3.63) is 90.0 Å². The summed E-state index contributed by atoms with van der Waals surface area (Å²) in [7, 11) is 1.59. The molecule has 2 aromatic rings. The average molecular weight is 435 g/mol. The first kappa shape index (κ1) is 24.5. The summed E-state index contributed by atoms with van der Waals surface area (Å²) in [5.74, 6) is 1.28. The highest BCUT2D eigenvalue weighted by atomic mass is 16.5. The molecule has 0 radical (unpaired) electrons. The third-order valence-electron chi connectivity index (χ3n) is 4.50. The Morgan fingerprint density at radius 3 is 2.62 bits per heavy atom. The largest absolute Gasteiger partial charge is 0.497 e. The Kier molecular flexibility index (Phi) is 9.84. The lowest BCUT2D eigenvalue weighted by Gasteiger charge is -2.08. The molecule has 32 heavy (non-hydrogen) atoms. The molecule has 0 spiro atoms. The normalized spacial score (nSPS) is 13.2. The first-order valence-electron chi connectivity index (χ1n) is 10.3. The number of methoxy groups -OCH3 is 1. The van der Waals surface area contributed by atoms with Crippen molar-refractivity contribution in [2.75, 3.05) is 7.11 Å². The van der Waals surface area contributed by atoms with E-state index in [1.54, 1.807) is 11.8 Å². The second-order valence-corrected chi connectivity index (χ2v) is 7.31. The zero-order chi connectivity index (χ0) is 23.3. The van der Waals surface area contributed by atoms with Gasteiger partial charge in [-0.2, -0.15) is 0 Å². The van der Waals surface area contributed by atoms with Crippen LogP contribution in [0.5, 0.6) is 0 Å². The van der Waals surface area contributed by atoms with Gasteiger partial charge in [0.25, 0.3) is 0 Å². The minimum Gasteiger partial charge on any atom is -0.497 e. The maximum Gasteiger partial charge on any atom is 0.302 e. The average Bonchev–Trinajstić information content (AvgIpc) is 3.24. The number of esters is 1. The number of hydrogen-bond acceptors (Lipinski definition) is 6. The van der Waals surface area contributed by atoms with Crippen molar-refractivity contribution in [1.82, 2.24) is 20.2 Å². The lowest BCUT2D eigenvalue weighted by atomic mass is 10.1. The highest BCUT2D eigenvalue weighted by molar-refractivity contribution is 5.66. The number of nitrogens with zero attached hydrogens (tertiary/aromatic N) is 4. The van der Waals surface area contributed by atoms with Crippen molar-refractivity contribution in [2.24, 2.45) is 5.92 Å². The number of benzene rings is 1. The molecule has 0 amide bonds. The minimum atomic E-state index is -0.281. The van der Waals surface area contributed by atoms with Gasteiger partial charge >= 0.3 is 5.97 Å². The number of carbonyl (C=O) groups excluding carboxylic acids is 1. The predicted octanol–water partition coefficient (Wildman–Crippen LogP) is 4.76. The summed E-state index contributed by atoms with van der Waals surface area (Å²) in [5, 5.41) is 12.1. The molecule has 0 aliphatic carbocycles. The van der Waals surface area contributed by atoms with E-state index in [1.807, 2.05) is 73.7 Å². The first-order valence-corrected chi connectivity index (χ1v) is 10.3. The number of carbonyl (C=O) groups is 1. The van der Waals surface area contributed by atoms with Crippen LogP contribution in [0.1, 0.15) is 37.7 Å². The molecule has 0 bridgehead atoms. The fraction of sp³-hybridized carbons (Fsp3) is 0.280. The van der Waals surface area contributed by atoms with E-state index in [4.69, 9.17) is 9.47 Å². The van der Waals surface area contributed by atoms with Crippen molar-refractivity contribution in [1.29, 1.82) is 0 Å². The Morgan fingerprint density at radius 2 is 1.94 bits per heavy atom. The summed E-state index contributed by atoms with van der Waals surface area (Å²) in [5.41, 5.74) is 2.98. The summed E-state index contributed by atoms with van der Waals surface area (Å²) in [6, 6.07) is 7.85. The zero-order valence-corrected chi connectivity index (χ0v) is 19.1. The van der Waals surface area contributed by atoms with Crippen LogP contribution in [-0.4, -0.2) is 33.3 Å². The minimum absolute atomic E-state index is 0.218. The standard InChI is InChI=1S/C25H30N4O3/c1-19(11-12-21(3)31-5)17-29-25(26-27-28-29)20(2)9-7-6-8-10-23-13-15-24(16-14-23)18-32-22(4)30/h6-16,19H,3,17-18H2,1-2,4-5H3/b7-6-,10-8+,12-11-,20-9+/t19-/m0/s1. The first-order chi connectivity index (χ1) is 15.4. The van der Waals surface area contributed by atoms with Gasteiger partial charge in [0.05, 0.1) is 13.7 Å². The number of ether oxygens (including phenoxy) is 2. The number of tetrazole rings is 1. The van der Waals surface area contributed by atoms with E-state index in [9.17, 15) is 4.79 Å². The van der Waals surface area contributed by atoms with Crippen LogP contribution in [0.4, 0.5) is 0 Å². The molecule has 7 nitrogen and oxygen atoms in total. The molecular formula is C25H30N4O3. The maximum atomic E-state index is 10.9. The number of hydrogen-bond donors (Lipinski definition) is 0. The Bertz CT molecular complexity index is 1010. The van der Waals surface area contributed by atoms with Gasteiger partial charge in [-0.25, -0.2) is 4.68 Å². The van der Waals surface area contributed by atoms with Crippen LogP contribution in [0, 0.1) is 5.92 Å². The van der Waals surface area contributed by atoms with E-state index in [1.165, 1.54) is 6.92 Å². The molecule has 2 rings (SSSR count). The van der Waals surface area contributed by atoms with Crippen LogP contribution in [0.3, 0.4) is 0 Å². The highest BCUT2D eigenvalue weighted by Gasteiger charge is 2.09.